The molecule has 2 aromatic heterocycles. The third-order valence-corrected chi connectivity index (χ3v) is 5.18. The van der Waals surface area contributed by atoms with Gasteiger partial charge in [0, 0.05) is 38.0 Å². The number of pyridine rings is 1. The lowest BCUT2D eigenvalue weighted by Crippen LogP contribution is -2.37. The van der Waals surface area contributed by atoms with Gasteiger partial charge in [-0.15, -0.1) is 0 Å². The molecule has 1 amide bonds. The monoisotopic (exact) mass is 372 g/mol. The van der Waals surface area contributed by atoms with Crippen molar-refractivity contribution in [3.8, 4) is 0 Å². The molecule has 7 heteroatoms. The summed E-state index contributed by atoms with van der Waals surface area (Å²) in [6.07, 6.45) is 5.40. The van der Waals surface area contributed by atoms with Crippen LogP contribution in [0.5, 0.6) is 0 Å². The molecule has 1 saturated heterocycles. The normalized spacial score (nSPS) is 17.1. The predicted octanol–water partition coefficient (Wildman–Crippen LogP) is 2.26. The van der Waals surface area contributed by atoms with Gasteiger partial charge in [0.05, 0.1) is 11.3 Å². The lowest BCUT2D eigenvalue weighted by molar-refractivity contribution is 0.0953. The van der Waals surface area contributed by atoms with E-state index in [-0.39, 0.29) is 12.5 Å². The van der Waals surface area contributed by atoms with Crippen molar-refractivity contribution >= 4 is 11.7 Å². The number of nitrogens with one attached hydrogen (secondary N) is 1. The number of carbonyl (C=O) groups excluding carboxylic acids is 1. The van der Waals surface area contributed by atoms with Gasteiger partial charge in [0.1, 0.15) is 11.6 Å². The molecular formula is C20H28N4O3. The number of carbonyl (C=O) groups is 1. The van der Waals surface area contributed by atoms with Crippen LogP contribution in [0.3, 0.4) is 0 Å². The molecule has 7 nitrogen and oxygen atoms in total. The fourth-order valence-corrected chi connectivity index (χ4v) is 3.56. The van der Waals surface area contributed by atoms with Gasteiger partial charge in [-0.05, 0) is 57.6 Å². The highest BCUT2D eigenvalue weighted by atomic mass is 16.5. The van der Waals surface area contributed by atoms with Crippen LogP contribution in [0, 0.1) is 19.8 Å². The van der Waals surface area contributed by atoms with Crippen molar-refractivity contribution < 1.29 is 14.4 Å². The van der Waals surface area contributed by atoms with Crippen molar-refractivity contribution in [1.82, 2.24) is 15.5 Å². The Hall–Kier alpha value is -2.41. The van der Waals surface area contributed by atoms with Gasteiger partial charge < -0.3 is 19.8 Å². The molecule has 27 heavy (non-hydrogen) atoms. The first kappa shape index (κ1) is 19.4. The Morgan fingerprint density at radius 2 is 2.26 bits per heavy atom. The van der Waals surface area contributed by atoms with Gasteiger partial charge in [-0.2, -0.15) is 0 Å². The molecule has 1 aliphatic heterocycles. The smallest absolute Gasteiger partial charge is 0.252 e. The van der Waals surface area contributed by atoms with Gasteiger partial charge in [0.25, 0.3) is 5.91 Å². The minimum absolute atomic E-state index is 0.111. The van der Waals surface area contributed by atoms with Gasteiger partial charge >= 0.3 is 0 Å². The fraction of sp³-hybridized carbons (Fsp3) is 0.550. The maximum Gasteiger partial charge on any atom is 0.252 e. The molecule has 0 spiro atoms. The Balaban J connectivity index is 1.47. The number of hydrogen-bond acceptors (Lipinski definition) is 6. The number of piperidine rings is 1. The molecule has 2 N–H and O–H groups in total. The third-order valence-electron chi connectivity index (χ3n) is 5.18. The molecule has 2 aromatic rings. The zero-order valence-electron chi connectivity index (χ0n) is 16.1. The van der Waals surface area contributed by atoms with Gasteiger partial charge in [0.15, 0.2) is 0 Å². The Labute approximate surface area is 159 Å². The highest BCUT2D eigenvalue weighted by Gasteiger charge is 2.20. The molecule has 1 fully saturated rings. The lowest BCUT2D eigenvalue weighted by Gasteiger charge is -2.32. The van der Waals surface area contributed by atoms with E-state index in [4.69, 9.17) is 4.52 Å². The Kier molecular flexibility index (Phi) is 6.45. The molecule has 146 valence electrons. The van der Waals surface area contributed by atoms with Crippen LogP contribution in [-0.2, 0) is 6.42 Å². The number of nitrogens with zero attached hydrogens (tertiary/aromatic N) is 3. The third kappa shape index (κ3) is 4.86. The van der Waals surface area contributed by atoms with Gasteiger partial charge in [-0.25, -0.2) is 4.98 Å². The summed E-state index contributed by atoms with van der Waals surface area (Å²) >= 11 is 0. The zero-order valence-corrected chi connectivity index (χ0v) is 16.1. The van der Waals surface area contributed by atoms with Gasteiger partial charge in [0.2, 0.25) is 0 Å². The van der Waals surface area contributed by atoms with E-state index in [2.05, 4.69) is 20.4 Å². The van der Waals surface area contributed by atoms with Crippen LogP contribution in [-0.4, -0.2) is 47.4 Å². The summed E-state index contributed by atoms with van der Waals surface area (Å²) in [7, 11) is 0. The lowest BCUT2D eigenvalue weighted by atomic mass is 9.99. The molecule has 0 aliphatic carbocycles. The van der Waals surface area contributed by atoms with Crippen molar-refractivity contribution in [2.45, 2.75) is 39.5 Å². The number of rotatable bonds is 7. The van der Waals surface area contributed by atoms with Crippen LogP contribution < -0.4 is 10.2 Å². The average molecular weight is 372 g/mol. The molecule has 1 atom stereocenters. The van der Waals surface area contributed by atoms with Crippen LogP contribution in [0.25, 0.3) is 0 Å². The Morgan fingerprint density at radius 3 is 2.93 bits per heavy atom. The molecular weight excluding hydrogens is 344 g/mol. The van der Waals surface area contributed by atoms with Crippen molar-refractivity contribution in [2.24, 2.45) is 5.92 Å². The maximum absolute atomic E-state index is 12.3. The number of aromatic nitrogens is 2. The van der Waals surface area contributed by atoms with Crippen LogP contribution in [0.15, 0.2) is 22.9 Å². The molecule has 1 aliphatic rings. The van der Waals surface area contributed by atoms with Crippen molar-refractivity contribution in [1.29, 1.82) is 0 Å². The number of anilines is 1. The summed E-state index contributed by atoms with van der Waals surface area (Å²) in [5, 5.41) is 16.2. The van der Waals surface area contributed by atoms with Crippen molar-refractivity contribution in [2.75, 3.05) is 31.1 Å². The summed E-state index contributed by atoms with van der Waals surface area (Å²) in [4.78, 5) is 18.9. The Bertz CT molecular complexity index is 738. The van der Waals surface area contributed by atoms with E-state index in [0.29, 0.717) is 18.0 Å². The van der Waals surface area contributed by atoms with Crippen LogP contribution in [0.1, 0.15) is 46.6 Å². The largest absolute Gasteiger partial charge is 0.396 e. The SMILES string of the molecule is Cc1noc(C)c1CCCNC(=O)c1ccc(N2CCC[C@@H](CO)C2)nc1. The van der Waals surface area contributed by atoms with E-state index in [0.717, 1.165) is 61.6 Å². The zero-order chi connectivity index (χ0) is 19.2. The maximum atomic E-state index is 12.3. The minimum atomic E-state index is -0.111. The molecule has 0 unspecified atom stereocenters. The topological polar surface area (TPSA) is 91.5 Å². The molecule has 0 bridgehead atoms. The number of aryl methyl sites for hydroxylation is 2. The van der Waals surface area contributed by atoms with Crippen LogP contribution in [0.4, 0.5) is 5.82 Å². The second-order valence-corrected chi connectivity index (χ2v) is 7.20. The highest BCUT2D eigenvalue weighted by molar-refractivity contribution is 5.94. The highest BCUT2D eigenvalue weighted by Crippen LogP contribution is 2.21. The number of hydrogen-bond donors (Lipinski definition) is 2. The molecule has 0 saturated carbocycles. The van der Waals surface area contributed by atoms with Crippen molar-refractivity contribution in [3.63, 3.8) is 0 Å². The second kappa shape index (κ2) is 8.99. The first-order valence-electron chi connectivity index (χ1n) is 9.60. The quantitative estimate of drug-likeness (QED) is 0.725. The van der Waals surface area contributed by atoms with Crippen molar-refractivity contribution in [3.05, 3.63) is 40.9 Å². The van der Waals surface area contributed by atoms with Gasteiger partial charge in [-0.3, -0.25) is 4.79 Å². The Morgan fingerprint density at radius 1 is 1.41 bits per heavy atom. The molecule has 3 rings (SSSR count). The minimum Gasteiger partial charge on any atom is -0.396 e. The number of aliphatic hydroxyl groups is 1. The average Bonchev–Trinajstić information content (AvgIpc) is 3.03. The van der Waals surface area contributed by atoms with E-state index in [1.54, 1.807) is 6.20 Å². The summed E-state index contributed by atoms with van der Waals surface area (Å²) in [6, 6.07) is 3.70. The fourth-order valence-electron chi connectivity index (χ4n) is 3.56. The van der Waals surface area contributed by atoms with E-state index in [9.17, 15) is 9.90 Å². The number of aliphatic hydroxyl groups excluding tert-OH is 1. The van der Waals surface area contributed by atoms with Gasteiger partial charge in [-0.1, -0.05) is 5.16 Å². The van der Waals surface area contributed by atoms with Crippen LogP contribution in [0.2, 0.25) is 0 Å². The summed E-state index contributed by atoms with van der Waals surface area (Å²) in [6.45, 7) is 6.41. The summed E-state index contributed by atoms with van der Waals surface area (Å²) < 4.78 is 5.15. The summed E-state index contributed by atoms with van der Waals surface area (Å²) in [5.41, 5.74) is 2.60. The van der Waals surface area contributed by atoms with E-state index < -0.39 is 0 Å². The first-order chi connectivity index (χ1) is 13.1. The standard InChI is InChI=1S/C20H28N4O3/c1-14-18(15(2)27-23-14)6-3-9-21-20(26)17-7-8-19(22-11-17)24-10-4-5-16(12-24)13-25/h7-8,11,16,25H,3-6,9-10,12-13H2,1-2H3,(H,21,26)/t16-/m1/s1. The summed E-state index contributed by atoms with van der Waals surface area (Å²) in [5.74, 6) is 1.91. The predicted molar refractivity (Wildman–Crippen MR) is 103 cm³/mol. The first-order valence-corrected chi connectivity index (χ1v) is 9.60. The van der Waals surface area contributed by atoms with E-state index >= 15 is 0 Å². The number of amides is 1. The van der Waals surface area contributed by atoms with E-state index in [1.807, 2.05) is 26.0 Å². The molecule has 0 radical (unpaired) electrons. The second-order valence-electron chi connectivity index (χ2n) is 7.20. The van der Waals surface area contributed by atoms with E-state index in [1.165, 1.54) is 0 Å². The molecule has 3 heterocycles. The molecule has 0 aromatic carbocycles. The van der Waals surface area contributed by atoms with Crippen LogP contribution >= 0.6 is 0 Å².